The van der Waals surface area contributed by atoms with E-state index in [4.69, 9.17) is 4.98 Å². The van der Waals surface area contributed by atoms with E-state index in [9.17, 15) is 5.11 Å². The van der Waals surface area contributed by atoms with E-state index in [1.54, 1.807) is 6.07 Å². The normalized spacial score (nSPS) is 15.2. The Morgan fingerprint density at radius 2 is 2.10 bits per heavy atom. The van der Waals surface area contributed by atoms with Crippen molar-refractivity contribution in [2.24, 2.45) is 0 Å². The molecule has 1 N–H and O–H groups in total. The Balaban J connectivity index is 1.77. The standard InChI is InChI=1S/C17H21N3O/c1-12(2)17-18-9-13-7-8-20(11-15(13)19-17)10-14-5-3-4-6-16(14)21/h3-6,9,12,21H,7-8,10-11H2,1-2H3. The molecule has 0 bridgehead atoms. The van der Waals surface area contributed by atoms with Crippen LogP contribution < -0.4 is 0 Å². The molecule has 0 saturated carbocycles. The molecule has 0 saturated heterocycles. The fraction of sp³-hybridized carbons (Fsp3) is 0.412. The van der Waals surface area contributed by atoms with Crippen LogP contribution in [0.15, 0.2) is 30.5 Å². The highest BCUT2D eigenvalue weighted by Crippen LogP contribution is 2.23. The summed E-state index contributed by atoms with van der Waals surface area (Å²) in [4.78, 5) is 11.5. The zero-order valence-electron chi connectivity index (χ0n) is 12.6. The minimum atomic E-state index is 0.351. The number of hydrogen-bond acceptors (Lipinski definition) is 4. The Morgan fingerprint density at radius 3 is 2.86 bits per heavy atom. The number of rotatable bonds is 3. The van der Waals surface area contributed by atoms with Gasteiger partial charge in [-0.25, -0.2) is 9.97 Å². The largest absolute Gasteiger partial charge is 0.508 e. The number of benzene rings is 1. The van der Waals surface area contributed by atoms with Crippen LogP contribution in [0.3, 0.4) is 0 Å². The lowest BCUT2D eigenvalue weighted by Gasteiger charge is -2.28. The molecule has 21 heavy (non-hydrogen) atoms. The summed E-state index contributed by atoms with van der Waals surface area (Å²) in [5.41, 5.74) is 3.36. The zero-order valence-corrected chi connectivity index (χ0v) is 12.6. The molecule has 0 amide bonds. The zero-order chi connectivity index (χ0) is 14.8. The first-order valence-electron chi connectivity index (χ1n) is 7.47. The van der Waals surface area contributed by atoms with Gasteiger partial charge in [-0.3, -0.25) is 4.90 Å². The summed E-state index contributed by atoms with van der Waals surface area (Å²) in [6, 6.07) is 7.54. The molecule has 0 radical (unpaired) electrons. The second-order valence-corrected chi connectivity index (χ2v) is 5.94. The highest BCUT2D eigenvalue weighted by Gasteiger charge is 2.19. The van der Waals surface area contributed by atoms with E-state index in [-0.39, 0.29) is 0 Å². The van der Waals surface area contributed by atoms with Crippen LogP contribution >= 0.6 is 0 Å². The monoisotopic (exact) mass is 283 g/mol. The van der Waals surface area contributed by atoms with Crippen LogP contribution in [0.2, 0.25) is 0 Å². The van der Waals surface area contributed by atoms with E-state index in [0.29, 0.717) is 11.7 Å². The van der Waals surface area contributed by atoms with Crippen molar-refractivity contribution in [3.63, 3.8) is 0 Å². The maximum Gasteiger partial charge on any atom is 0.131 e. The highest BCUT2D eigenvalue weighted by atomic mass is 16.3. The summed E-state index contributed by atoms with van der Waals surface area (Å²) in [6.07, 6.45) is 2.95. The van der Waals surface area contributed by atoms with Crippen LogP contribution in [0, 0.1) is 0 Å². The Hall–Kier alpha value is -1.94. The number of fused-ring (bicyclic) bond motifs is 1. The Morgan fingerprint density at radius 1 is 1.29 bits per heavy atom. The number of nitrogens with zero attached hydrogens (tertiary/aromatic N) is 3. The third-order valence-corrected chi connectivity index (χ3v) is 3.95. The van der Waals surface area contributed by atoms with Gasteiger partial charge in [-0.2, -0.15) is 0 Å². The van der Waals surface area contributed by atoms with E-state index >= 15 is 0 Å². The van der Waals surface area contributed by atoms with E-state index < -0.39 is 0 Å². The van der Waals surface area contributed by atoms with Crippen molar-refractivity contribution in [3.05, 3.63) is 53.1 Å². The van der Waals surface area contributed by atoms with Gasteiger partial charge in [0, 0.05) is 37.3 Å². The molecular formula is C17H21N3O. The first kappa shape index (κ1) is 14.0. The lowest BCUT2D eigenvalue weighted by molar-refractivity contribution is 0.237. The first-order chi connectivity index (χ1) is 10.1. The van der Waals surface area contributed by atoms with Crippen LogP contribution in [-0.4, -0.2) is 26.5 Å². The van der Waals surface area contributed by atoms with Crippen LogP contribution in [0.25, 0.3) is 0 Å². The molecule has 0 atom stereocenters. The third kappa shape index (κ3) is 3.05. The third-order valence-electron chi connectivity index (χ3n) is 3.95. The average Bonchev–Trinajstić information content (AvgIpc) is 2.49. The van der Waals surface area contributed by atoms with E-state index in [1.165, 1.54) is 5.56 Å². The van der Waals surface area contributed by atoms with Crippen LogP contribution in [-0.2, 0) is 19.5 Å². The number of aromatic hydroxyl groups is 1. The fourth-order valence-electron chi connectivity index (χ4n) is 2.67. The maximum absolute atomic E-state index is 9.90. The molecule has 110 valence electrons. The molecule has 0 fully saturated rings. The molecular weight excluding hydrogens is 262 g/mol. The lowest BCUT2D eigenvalue weighted by atomic mass is 10.0. The fourth-order valence-corrected chi connectivity index (χ4v) is 2.67. The molecule has 4 heteroatoms. The topological polar surface area (TPSA) is 49.2 Å². The molecule has 4 nitrogen and oxygen atoms in total. The molecule has 0 aliphatic carbocycles. The average molecular weight is 283 g/mol. The molecule has 1 aromatic carbocycles. The van der Waals surface area contributed by atoms with Crippen molar-refractivity contribution in [1.29, 1.82) is 0 Å². The number of aromatic nitrogens is 2. The quantitative estimate of drug-likeness (QED) is 0.941. The summed E-state index contributed by atoms with van der Waals surface area (Å²) in [5, 5.41) is 9.90. The van der Waals surface area contributed by atoms with E-state index in [0.717, 1.165) is 43.1 Å². The first-order valence-corrected chi connectivity index (χ1v) is 7.47. The minimum absolute atomic E-state index is 0.351. The second kappa shape index (κ2) is 5.82. The lowest BCUT2D eigenvalue weighted by Crippen LogP contribution is -2.31. The van der Waals surface area contributed by atoms with Gasteiger partial charge in [0.25, 0.3) is 0 Å². The molecule has 0 unspecified atom stereocenters. The summed E-state index contributed by atoms with van der Waals surface area (Å²) in [5.74, 6) is 1.64. The van der Waals surface area contributed by atoms with Gasteiger partial charge in [-0.05, 0) is 18.1 Å². The highest BCUT2D eigenvalue weighted by molar-refractivity contribution is 5.32. The van der Waals surface area contributed by atoms with Crippen molar-refractivity contribution in [1.82, 2.24) is 14.9 Å². The van der Waals surface area contributed by atoms with Gasteiger partial charge in [-0.1, -0.05) is 32.0 Å². The molecule has 1 aromatic heterocycles. The van der Waals surface area contributed by atoms with Gasteiger partial charge in [-0.15, -0.1) is 0 Å². The Bertz CT molecular complexity index is 640. The van der Waals surface area contributed by atoms with Crippen LogP contribution in [0.4, 0.5) is 0 Å². The van der Waals surface area contributed by atoms with Gasteiger partial charge in [0.05, 0.1) is 5.69 Å². The van der Waals surface area contributed by atoms with Crippen molar-refractivity contribution < 1.29 is 5.11 Å². The molecule has 1 aliphatic heterocycles. The summed E-state index contributed by atoms with van der Waals surface area (Å²) in [7, 11) is 0. The number of phenolic OH excluding ortho intramolecular Hbond substituents is 1. The Kier molecular flexibility index (Phi) is 3.88. The molecule has 3 rings (SSSR count). The van der Waals surface area contributed by atoms with E-state index in [2.05, 4.69) is 23.7 Å². The summed E-state index contributed by atoms with van der Waals surface area (Å²) in [6.45, 7) is 6.79. The summed E-state index contributed by atoms with van der Waals surface area (Å²) < 4.78 is 0. The van der Waals surface area contributed by atoms with Crippen molar-refractivity contribution >= 4 is 0 Å². The van der Waals surface area contributed by atoms with Crippen molar-refractivity contribution in [3.8, 4) is 5.75 Å². The molecule has 2 heterocycles. The number of hydrogen-bond donors (Lipinski definition) is 1. The van der Waals surface area contributed by atoms with Crippen LogP contribution in [0.5, 0.6) is 5.75 Å². The minimum Gasteiger partial charge on any atom is -0.508 e. The van der Waals surface area contributed by atoms with Gasteiger partial charge in [0.2, 0.25) is 0 Å². The smallest absolute Gasteiger partial charge is 0.131 e. The number of para-hydroxylation sites is 1. The van der Waals surface area contributed by atoms with Crippen molar-refractivity contribution in [2.45, 2.75) is 39.3 Å². The van der Waals surface area contributed by atoms with Gasteiger partial charge in [0.1, 0.15) is 11.6 Å². The number of phenols is 1. The van der Waals surface area contributed by atoms with Gasteiger partial charge >= 0.3 is 0 Å². The Labute approximate surface area is 125 Å². The maximum atomic E-state index is 9.90. The van der Waals surface area contributed by atoms with Gasteiger partial charge in [0.15, 0.2) is 0 Å². The van der Waals surface area contributed by atoms with E-state index in [1.807, 2.05) is 24.4 Å². The van der Waals surface area contributed by atoms with Crippen molar-refractivity contribution in [2.75, 3.05) is 6.54 Å². The SMILES string of the molecule is CC(C)c1ncc2c(n1)CN(Cc1ccccc1O)CC2. The predicted molar refractivity (Wildman–Crippen MR) is 82.0 cm³/mol. The predicted octanol–water partition coefficient (Wildman–Crippen LogP) is 2.86. The molecule has 1 aliphatic rings. The second-order valence-electron chi connectivity index (χ2n) is 5.94. The molecule has 0 spiro atoms. The van der Waals surface area contributed by atoms with Gasteiger partial charge < -0.3 is 5.11 Å². The summed E-state index contributed by atoms with van der Waals surface area (Å²) >= 11 is 0. The molecule has 2 aromatic rings. The van der Waals surface area contributed by atoms with Crippen LogP contribution in [0.1, 0.15) is 42.4 Å².